The van der Waals surface area contributed by atoms with Gasteiger partial charge in [0.15, 0.2) is 5.75 Å². The molecule has 4 rings (SSSR count). The van der Waals surface area contributed by atoms with Crippen molar-refractivity contribution in [1.82, 2.24) is 15.0 Å². The molecule has 23 heavy (non-hydrogen) atoms. The summed E-state index contributed by atoms with van der Waals surface area (Å²) >= 11 is 0. The minimum Gasteiger partial charge on any atom is -0.440 e. The third kappa shape index (κ3) is 1.98. The molecule has 112 valence electrons. The van der Waals surface area contributed by atoms with Gasteiger partial charge in [0.1, 0.15) is 5.92 Å². The van der Waals surface area contributed by atoms with E-state index in [9.17, 15) is 5.26 Å². The highest BCUT2D eigenvalue weighted by atomic mass is 16.5. The Hall–Kier alpha value is -3.20. The number of nitrogens with one attached hydrogen (secondary N) is 2. The molecular formula is C17H13N5O. The molecule has 1 aromatic carbocycles. The fourth-order valence-corrected chi connectivity index (χ4v) is 3.07. The topological polar surface area (TPSA) is 98.4 Å². The maximum atomic E-state index is 9.53. The Balaban J connectivity index is 1.99. The molecular weight excluding hydrogens is 290 g/mol. The summed E-state index contributed by atoms with van der Waals surface area (Å²) in [5, 5.41) is 18.7. The van der Waals surface area contributed by atoms with E-state index in [1.165, 1.54) is 0 Å². The molecule has 2 atom stereocenters. The van der Waals surface area contributed by atoms with Crippen LogP contribution in [0.2, 0.25) is 0 Å². The van der Waals surface area contributed by atoms with Crippen LogP contribution in [-0.4, -0.2) is 20.8 Å². The summed E-state index contributed by atoms with van der Waals surface area (Å²) in [5.74, 6) is -0.546. The predicted molar refractivity (Wildman–Crippen MR) is 84.4 cm³/mol. The van der Waals surface area contributed by atoms with Crippen molar-refractivity contribution < 1.29 is 4.74 Å². The van der Waals surface area contributed by atoms with Crippen molar-refractivity contribution in [3.63, 3.8) is 0 Å². The van der Waals surface area contributed by atoms with Crippen LogP contribution in [-0.2, 0) is 0 Å². The van der Waals surface area contributed by atoms with Crippen molar-refractivity contribution in [2.75, 3.05) is 0 Å². The average Bonchev–Trinajstić information content (AvgIpc) is 3.02. The van der Waals surface area contributed by atoms with E-state index in [1.54, 1.807) is 12.4 Å². The molecule has 0 amide bonds. The summed E-state index contributed by atoms with van der Waals surface area (Å²) in [7, 11) is 0. The fraction of sp³-hybridized carbons (Fsp3) is 0.176. The Kier molecular flexibility index (Phi) is 2.88. The van der Waals surface area contributed by atoms with Gasteiger partial charge in [-0.05, 0) is 13.0 Å². The highest BCUT2D eigenvalue weighted by molar-refractivity contribution is 5.93. The second-order valence-corrected chi connectivity index (χ2v) is 5.56. The first-order valence-corrected chi connectivity index (χ1v) is 7.23. The van der Waals surface area contributed by atoms with E-state index in [4.69, 9.17) is 10.1 Å². The van der Waals surface area contributed by atoms with Crippen LogP contribution in [0.4, 0.5) is 0 Å². The lowest BCUT2D eigenvalue weighted by molar-refractivity contribution is 0.450. The number of aromatic amines is 1. The summed E-state index contributed by atoms with van der Waals surface area (Å²) in [6, 6.07) is 8.04. The van der Waals surface area contributed by atoms with E-state index in [-0.39, 0.29) is 11.8 Å². The molecule has 3 aromatic rings. The first-order valence-electron chi connectivity index (χ1n) is 7.23. The molecule has 1 aliphatic rings. The largest absolute Gasteiger partial charge is 0.440 e. The summed E-state index contributed by atoms with van der Waals surface area (Å²) in [4.78, 5) is 11.9. The van der Waals surface area contributed by atoms with Gasteiger partial charge in [0, 0.05) is 29.5 Å². The Morgan fingerprint density at radius 3 is 2.96 bits per heavy atom. The van der Waals surface area contributed by atoms with E-state index in [2.05, 4.69) is 21.0 Å². The van der Waals surface area contributed by atoms with E-state index in [0.29, 0.717) is 11.4 Å². The minimum absolute atomic E-state index is 0.0598. The molecule has 2 aromatic heterocycles. The van der Waals surface area contributed by atoms with Crippen molar-refractivity contribution in [1.29, 1.82) is 10.7 Å². The van der Waals surface area contributed by atoms with Crippen molar-refractivity contribution in [3.8, 4) is 11.8 Å². The number of hydrogen-bond donors (Lipinski definition) is 2. The number of benzene rings is 1. The summed E-state index contributed by atoms with van der Waals surface area (Å²) in [5.41, 5.74) is 3.13. The standard InChI is InChI=1S/C17H13N5O/c1-9-7-20-8-13(22-9)14-11-3-2-10-4-5-21-15(10)16(11)23-17(19)12(14)6-18/h2-5,7-8,12,14,19,21H,1H3. The third-order valence-electron chi connectivity index (χ3n) is 4.11. The molecule has 0 aliphatic carbocycles. The molecule has 0 spiro atoms. The van der Waals surface area contributed by atoms with Gasteiger partial charge in [-0.2, -0.15) is 5.26 Å². The van der Waals surface area contributed by atoms with Crippen LogP contribution in [0, 0.1) is 29.6 Å². The Morgan fingerprint density at radius 2 is 2.17 bits per heavy atom. The fourth-order valence-electron chi connectivity index (χ4n) is 3.07. The quantitative estimate of drug-likeness (QED) is 0.722. The van der Waals surface area contributed by atoms with Crippen LogP contribution in [0.1, 0.15) is 22.9 Å². The molecule has 1 aliphatic heterocycles. The number of nitriles is 1. The summed E-state index contributed by atoms with van der Waals surface area (Å²) in [6.07, 6.45) is 5.16. The lowest BCUT2D eigenvalue weighted by Crippen LogP contribution is -2.31. The predicted octanol–water partition coefficient (Wildman–Crippen LogP) is 2.91. The molecule has 0 saturated carbocycles. The average molecular weight is 303 g/mol. The van der Waals surface area contributed by atoms with Crippen molar-refractivity contribution in [2.45, 2.75) is 12.8 Å². The summed E-state index contributed by atoms with van der Waals surface area (Å²) < 4.78 is 5.67. The molecule has 2 N–H and O–H groups in total. The maximum absolute atomic E-state index is 9.53. The smallest absolute Gasteiger partial charge is 0.205 e. The van der Waals surface area contributed by atoms with Gasteiger partial charge in [0.2, 0.25) is 5.90 Å². The molecule has 0 saturated heterocycles. The van der Waals surface area contributed by atoms with Crippen LogP contribution in [0.3, 0.4) is 0 Å². The van der Waals surface area contributed by atoms with Gasteiger partial charge in [0.25, 0.3) is 0 Å². The van der Waals surface area contributed by atoms with Gasteiger partial charge >= 0.3 is 0 Å². The van der Waals surface area contributed by atoms with Gasteiger partial charge in [0.05, 0.1) is 28.9 Å². The van der Waals surface area contributed by atoms with Gasteiger partial charge in [-0.15, -0.1) is 0 Å². The molecule has 6 nitrogen and oxygen atoms in total. The molecule has 2 unspecified atom stereocenters. The lowest BCUT2D eigenvalue weighted by atomic mass is 9.81. The Bertz CT molecular complexity index is 969. The van der Waals surface area contributed by atoms with Gasteiger partial charge in [-0.25, -0.2) is 0 Å². The number of aryl methyl sites for hydroxylation is 1. The Labute approximate surface area is 132 Å². The molecule has 0 fully saturated rings. The number of aromatic nitrogens is 3. The summed E-state index contributed by atoms with van der Waals surface area (Å²) in [6.45, 7) is 1.86. The number of fused-ring (bicyclic) bond motifs is 3. The van der Waals surface area contributed by atoms with Crippen molar-refractivity contribution in [3.05, 3.63) is 53.7 Å². The van der Waals surface area contributed by atoms with E-state index in [1.807, 2.05) is 31.3 Å². The maximum Gasteiger partial charge on any atom is 0.205 e. The number of nitrogens with zero attached hydrogens (tertiary/aromatic N) is 3. The van der Waals surface area contributed by atoms with Crippen LogP contribution in [0.15, 0.2) is 36.8 Å². The second-order valence-electron chi connectivity index (χ2n) is 5.56. The van der Waals surface area contributed by atoms with Crippen LogP contribution in [0.25, 0.3) is 10.9 Å². The zero-order valence-corrected chi connectivity index (χ0v) is 12.4. The molecule has 6 heteroatoms. The van der Waals surface area contributed by atoms with E-state index in [0.717, 1.165) is 22.2 Å². The molecule has 3 heterocycles. The number of hydrogen-bond acceptors (Lipinski definition) is 5. The van der Waals surface area contributed by atoms with Crippen molar-refractivity contribution >= 4 is 16.8 Å². The van der Waals surface area contributed by atoms with Gasteiger partial charge < -0.3 is 9.72 Å². The Morgan fingerprint density at radius 1 is 1.30 bits per heavy atom. The number of rotatable bonds is 1. The number of H-pyrrole nitrogens is 1. The first-order chi connectivity index (χ1) is 11.2. The second kappa shape index (κ2) is 4.92. The van der Waals surface area contributed by atoms with Crippen molar-refractivity contribution in [2.24, 2.45) is 5.92 Å². The van der Waals surface area contributed by atoms with Crippen LogP contribution < -0.4 is 4.74 Å². The SMILES string of the molecule is Cc1cncc(C2c3ccc4cc[nH]c4c3OC(=N)C2C#N)n1. The minimum atomic E-state index is -0.717. The van der Waals surface area contributed by atoms with Crippen LogP contribution in [0.5, 0.6) is 5.75 Å². The lowest BCUT2D eigenvalue weighted by Gasteiger charge is -2.29. The third-order valence-corrected chi connectivity index (χ3v) is 4.11. The normalized spacial score (nSPS) is 19.9. The zero-order valence-electron chi connectivity index (χ0n) is 12.4. The van der Waals surface area contributed by atoms with Gasteiger partial charge in [-0.1, -0.05) is 12.1 Å². The highest BCUT2D eigenvalue weighted by Crippen LogP contribution is 2.44. The van der Waals surface area contributed by atoms with Gasteiger partial charge in [-0.3, -0.25) is 15.4 Å². The monoisotopic (exact) mass is 303 g/mol. The van der Waals surface area contributed by atoms with Crippen LogP contribution >= 0.6 is 0 Å². The number of ether oxygens (including phenoxy) is 1. The zero-order chi connectivity index (χ0) is 16.0. The highest BCUT2D eigenvalue weighted by Gasteiger charge is 2.38. The van der Waals surface area contributed by atoms with E-state index >= 15 is 0 Å². The van der Waals surface area contributed by atoms with E-state index < -0.39 is 5.92 Å². The first kappa shape index (κ1) is 13.5. The molecule has 0 bridgehead atoms. The molecule has 0 radical (unpaired) electrons.